The lowest BCUT2D eigenvalue weighted by molar-refractivity contribution is 0.0958. The van der Waals surface area contributed by atoms with Gasteiger partial charge in [0.1, 0.15) is 0 Å². The van der Waals surface area contributed by atoms with E-state index >= 15 is 0 Å². The normalized spacial score (nSPS) is 11.5. The first-order valence-electron chi connectivity index (χ1n) is 8.87. The largest absolute Gasteiger partial charge is 0.351 e. The summed E-state index contributed by atoms with van der Waals surface area (Å²) in [5, 5.41) is 3.73. The molecule has 27 heavy (non-hydrogen) atoms. The van der Waals surface area contributed by atoms with Crippen LogP contribution in [0.5, 0.6) is 0 Å². The van der Waals surface area contributed by atoms with Crippen LogP contribution >= 0.6 is 11.3 Å². The van der Waals surface area contributed by atoms with E-state index < -0.39 is 10.0 Å². The number of anilines is 1. The highest BCUT2D eigenvalue weighted by atomic mass is 32.2. The number of benzene rings is 2. The third-order valence-electron chi connectivity index (χ3n) is 4.17. The smallest absolute Gasteiger partial charge is 0.264 e. The molecule has 0 aliphatic carbocycles. The molecule has 0 bridgehead atoms. The highest BCUT2D eigenvalue weighted by molar-refractivity contribution is 7.92. The highest BCUT2D eigenvalue weighted by Crippen LogP contribution is 2.31. The van der Waals surface area contributed by atoms with Crippen molar-refractivity contribution in [2.45, 2.75) is 25.2 Å². The van der Waals surface area contributed by atoms with Gasteiger partial charge in [0.25, 0.3) is 15.9 Å². The van der Waals surface area contributed by atoms with E-state index in [0.717, 1.165) is 16.5 Å². The van der Waals surface area contributed by atoms with Crippen molar-refractivity contribution in [2.24, 2.45) is 0 Å². The molecule has 7 heteroatoms. The van der Waals surface area contributed by atoms with Crippen molar-refractivity contribution in [1.29, 1.82) is 0 Å². The van der Waals surface area contributed by atoms with Gasteiger partial charge in [-0.25, -0.2) is 8.42 Å². The molecule has 0 unspecified atom stereocenters. The van der Waals surface area contributed by atoms with E-state index in [-0.39, 0.29) is 10.8 Å². The van der Waals surface area contributed by atoms with Crippen LogP contribution in [0.2, 0.25) is 0 Å². The van der Waals surface area contributed by atoms with E-state index in [0.29, 0.717) is 23.7 Å². The predicted octanol–water partition coefficient (Wildman–Crippen LogP) is 4.26. The van der Waals surface area contributed by atoms with E-state index in [1.54, 1.807) is 36.4 Å². The van der Waals surface area contributed by atoms with Gasteiger partial charge in [0.15, 0.2) is 0 Å². The first kappa shape index (κ1) is 19.4. The van der Waals surface area contributed by atoms with Crippen molar-refractivity contribution in [3.05, 3.63) is 59.5 Å². The Labute approximate surface area is 163 Å². The highest BCUT2D eigenvalue weighted by Gasteiger charge is 2.23. The molecule has 3 aromatic rings. The Morgan fingerprint density at radius 2 is 1.81 bits per heavy atom. The average Bonchev–Trinajstić information content (AvgIpc) is 3.11. The van der Waals surface area contributed by atoms with E-state index in [1.165, 1.54) is 15.6 Å². The Morgan fingerprint density at radius 3 is 2.48 bits per heavy atom. The number of rotatable bonds is 7. The molecule has 5 nitrogen and oxygen atoms in total. The molecule has 1 N–H and O–H groups in total. The average molecular weight is 403 g/mol. The van der Waals surface area contributed by atoms with Crippen LogP contribution in [0.4, 0.5) is 5.69 Å². The van der Waals surface area contributed by atoms with Crippen molar-refractivity contribution in [2.75, 3.05) is 17.4 Å². The minimum absolute atomic E-state index is 0.0937. The summed E-state index contributed by atoms with van der Waals surface area (Å²) in [4.78, 5) is 13.1. The molecule has 1 heterocycles. The number of hydrogen-bond donors (Lipinski definition) is 1. The zero-order chi connectivity index (χ0) is 19.4. The minimum atomic E-state index is -3.64. The predicted molar refractivity (Wildman–Crippen MR) is 111 cm³/mol. The molecule has 1 aromatic heterocycles. The first-order valence-corrected chi connectivity index (χ1v) is 11.1. The van der Waals surface area contributed by atoms with Gasteiger partial charge in [0.05, 0.1) is 15.5 Å². The standard InChI is InChI=1S/C20H22N2O3S2/c1-3-12-21-20(23)19-14-15-13-16(10-11-18(15)26-19)22(4-2)27(24,25)17-8-6-5-7-9-17/h5-11,13-14H,3-4,12H2,1-2H3,(H,21,23). The topological polar surface area (TPSA) is 66.5 Å². The van der Waals surface area contributed by atoms with E-state index in [2.05, 4.69) is 5.32 Å². The summed E-state index contributed by atoms with van der Waals surface area (Å²) >= 11 is 1.41. The third-order valence-corrected chi connectivity index (χ3v) is 7.20. The molecule has 3 rings (SSSR count). The quantitative estimate of drug-likeness (QED) is 0.642. The fourth-order valence-corrected chi connectivity index (χ4v) is 5.28. The number of carbonyl (C=O) groups is 1. The van der Waals surface area contributed by atoms with E-state index in [1.807, 2.05) is 32.0 Å². The van der Waals surface area contributed by atoms with Crippen LogP contribution in [0.25, 0.3) is 10.1 Å². The van der Waals surface area contributed by atoms with Crippen LogP contribution in [-0.4, -0.2) is 27.4 Å². The second-order valence-electron chi connectivity index (χ2n) is 6.07. The van der Waals surface area contributed by atoms with Crippen molar-refractivity contribution < 1.29 is 13.2 Å². The van der Waals surface area contributed by atoms with Crippen molar-refractivity contribution in [3.63, 3.8) is 0 Å². The van der Waals surface area contributed by atoms with Gasteiger partial charge in [-0.2, -0.15) is 0 Å². The summed E-state index contributed by atoms with van der Waals surface area (Å²) in [7, 11) is -3.64. The van der Waals surface area contributed by atoms with Crippen molar-refractivity contribution in [3.8, 4) is 0 Å². The number of thiophene rings is 1. The molecular formula is C20H22N2O3S2. The summed E-state index contributed by atoms with van der Waals surface area (Å²) in [6, 6.07) is 15.7. The van der Waals surface area contributed by atoms with Crippen molar-refractivity contribution >= 4 is 43.0 Å². The summed E-state index contributed by atoms with van der Waals surface area (Å²) < 4.78 is 28.3. The fraction of sp³-hybridized carbons (Fsp3) is 0.250. The zero-order valence-corrected chi connectivity index (χ0v) is 16.9. The molecule has 0 aliphatic heterocycles. The third kappa shape index (κ3) is 3.99. The SMILES string of the molecule is CCCNC(=O)c1cc2cc(N(CC)S(=O)(=O)c3ccccc3)ccc2s1. The molecular weight excluding hydrogens is 380 g/mol. The number of sulfonamides is 1. The van der Waals surface area contributed by atoms with Gasteiger partial charge in [-0.1, -0.05) is 25.1 Å². The molecule has 0 saturated carbocycles. The van der Waals surface area contributed by atoms with Crippen LogP contribution in [-0.2, 0) is 10.0 Å². The number of carbonyl (C=O) groups excluding carboxylic acids is 1. The van der Waals surface area contributed by atoms with Gasteiger partial charge in [-0.3, -0.25) is 9.10 Å². The van der Waals surface area contributed by atoms with Crippen LogP contribution in [0, 0.1) is 0 Å². The summed E-state index contributed by atoms with van der Waals surface area (Å²) in [6.45, 7) is 4.76. The van der Waals surface area contributed by atoms with Crippen LogP contribution < -0.4 is 9.62 Å². The van der Waals surface area contributed by atoms with Gasteiger partial charge in [0.2, 0.25) is 0 Å². The van der Waals surface area contributed by atoms with Crippen LogP contribution in [0.15, 0.2) is 59.5 Å². The molecule has 142 valence electrons. The maximum Gasteiger partial charge on any atom is 0.264 e. The summed E-state index contributed by atoms with van der Waals surface area (Å²) in [5.41, 5.74) is 0.590. The van der Waals surface area contributed by atoms with Gasteiger partial charge < -0.3 is 5.32 Å². The monoisotopic (exact) mass is 402 g/mol. The van der Waals surface area contributed by atoms with Gasteiger partial charge >= 0.3 is 0 Å². The molecule has 0 spiro atoms. The Morgan fingerprint density at radius 1 is 1.07 bits per heavy atom. The minimum Gasteiger partial charge on any atom is -0.351 e. The van der Waals surface area contributed by atoms with Crippen LogP contribution in [0.1, 0.15) is 29.9 Å². The van der Waals surface area contributed by atoms with E-state index in [9.17, 15) is 13.2 Å². The van der Waals surface area contributed by atoms with Gasteiger partial charge in [0, 0.05) is 17.8 Å². The van der Waals surface area contributed by atoms with Crippen LogP contribution in [0.3, 0.4) is 0 Å². The summed E-state index contributed by atoms with van der Waals surface area (Å²) in [6.07, 6.45) is 0.879. The number of hydrogen-bond acceptors (Lipinski definition) is 4. The maximum atomic E-state index is 13.0. The fourth-order valence-electron chi connectivity index (χ4n) is 2.83. The maximum absolute atomic E-state index is 13.0. The van der Waals surface area contributed by atoms with Crippen molar-refractivity contribution in [1.82, 2.24) is 5.32 Å². The molecule has 0 saturated heterocycles. The molecule has 0 fully saturated rings. The zero-order valence-electron chi connectivity index (χ0n) is 15.3. The van der Waals surface area contributed by atoms with Gasteiger partial charge in [-0.05, 0) is 55.1 Å². The Hall–Kier alpha value is -2.38. The lowest BCUT2D eigenvalue weighted by atomic mass is 10.2. The second kappa shape index (κ2) is 8.10. The lowest BCUT2D eigenvalue weighted by Crippen LogP contribution is -2.30. The Bertz CT molecular complexity index is 1040. The lowest BCUT2D eigenvalue weighted by Gasteiger charge is -2.23. The first-order chi connectivity index (χ1) is 13.0. The number of fused-ring (bicyclic) bond motifs is 1. The molecule has 0 aliphatic rings. The Kier molecular flexibility index (Phi) is 5.82. The number of nitrogens with zero attached hydrogens (tertiary/aromatic N) is 1. The molecule has 1 amide bonds. The molecule has 2 aromatic carbocycles. The second-order valence-corrected chi connectivity index (χ2v) is 9.02. The number of nitrogens with one attached hydrogen (secondary N) is 1. The number of amides is 1. The molecule has 0 atom stereocenters. The van der Waals surface area contributed by atoms with E-state index in [4.69, 9.17) is 0 Å². The molecule has 0 radical (unpaired) electrons. The Balaban J connectivity index is 1.97. The summed E-state index contributed by atoms with van der Waals surface area (Å²) in [5.74, 6) is -0.0937. The van der Waals surface area contributed by atoms with Gasteiger partial charge in [-0.15, -0.1) is 11.3 Å².